The number of rotatable bonds is 4. The van der Waals surface area contributed by atoms with E-state index in [2.05, 4.69) is 24.0 Å². The van der Waals surface area contributed by atoms with Gasteiger partial charge in [0.1, 0.15) is 5.54 Å². The molecule has 1 amide bonds. The second kappa shape index (κ2) is 5.29. The molecule has 136 valence electrons. The van der Waals surface area contributed by atoms with Crippen molar-refractivity contribution >= 4 is 11.9 Å². The minimum Gasteiger partial charge on any atom is -0.449 e. The molecule has 7 heteroatoms. The number of cyclic esters (lactones) is 1. The number of amides is 1. The van der Waals surface area contributed by atoms with Gasteiger partial charge < -0.3 is 14.2 Å². The van der Waals surface area contributed by atoms with Gasteiger partial charge >= 0.3 is 5.97 Å². The molecule has 3 aliphatic heterocycles. The summed E-state index contributed by atoms with van der Waals surface area (Å²) in [7, 11) is 0. The van der Waals surface area contributed by atoms with E-state index in [9.17, 15) is 9.59 Å². The molecule has 4 fully saturated rings. The number of esters is 1. The highest BCUT2D eigenvalue weighted by atomic mass is 16.6. The summed E-state index contributed by atoms with van der Waals surface area (Å²) in [4.78, 5) is 31.8. The van der Waals surface area contributed by atoms with Gasteiger partial charge in [-0.3, -0.25) is 9.59 Å². The summed E-state index contributed by atoms with van der Waals surface area (Å²) >= 11 is 0. The highest BCUT2D eigenvalue weighted by Crippen LogP contribution is 2.57. The number of hydrogen-bond donors (Lipinski definition) is 0. The third kappa shape index (κ3) is 2.39. The minimum absolute atomic E-state index is 0.122. The average molecular weight is 347 g/mol. The normalized spacial score (nSPS) is 36.7. The Labute approximate surface area is 147 Å². The van der Waals surface area contributed by atoms with E-state index >= 15 is 0 Å². The van der Waals surface area contributed by atoms with Gasteiger partial charge in [-0.2, -0.15) is 4.98 Å². The Hall–Kier alpha value is -1.92. The number of hydrogen-bond acceptors (Lipinski definition) is 6. The third-order valence-corrected chi connectivity index (χ3v) is 5.88. The van der Waals surface area contributed by atoms with E-state index < -0.39 is 11.1 Å². The van der Waals surface area contributed by atoms with Crippen LogP contribution in [0.5, 0.6) is 0 Å². The molecule has 0 radical (unpaired) electrons. The molecule has 1 saturated carbocycles. The quantitative estimate of drug-likeness (QED) is 0.776. The molecule has 0 N–H and O–H groups in total. The summed E-state index contributed by atoms with van der Waals surface area (Å²) in [5, 5.41) is 3.89. The van der Waals surface area contributed by atoms with Crippen LogP contribution in [0.15, 0.2) is 4.52 Å². The molecule has 2 atom stereocenters. The standard InChI is InChI=1S/C18H25N3O4/c1-10(2)5-13-8-17(4,24-14(13)22)16(23)21-9-12-6-18(21,7-12)15-19-11(3)20-25-15/h10,12-13H,5-9H2,1-4H3. The average Bonchev–Trinajstić information content (AvgIpc) is 3.20. The molecule has 2 unspecified atom stereocenters. The highest BCUT2D eigenvalue weighted by Gasteiger charge is 2.65. The van der Waals surface area contributed by atoms with Crippen molar-refractivity contribution in [1.82, 2.24) is 15.0 Å². The molecule has 0 spiro atoms. The Morgan fingerprint density at radius 3 is 2.68 bits per heavy atom. The molecule has 0 aromatic carbocycles. The summed E-state index contributed by atoms with van der Waals surface area (Å²) in [5.41, 5.74) is -1.59. The highest BCUT2D eigenvalue weighted by molar-refractivity contribution is 5.92. The van der Waals surface area contributed by atoms with E-state index in [1.165, 1.54) is 0 Å². The van der Waals surface area contributed by atoms with Crippen molar-refractivity contribution in [2.24, 2.45) is 17.8 Å². The van der Waals surface area contributed by atoms with Gasteiger partial charge in [0.15, 0.2) is 11.4 Å². The largest absolute Gasteiger partial charge is 0.449 e. The van der Waals surface area contributed by atoms with Gasteiger partial charge in [0.25, 0.3) is 11.8 Å². The first-order valence-corrected chi connectivity index (χ1v) is 9.09. The van der Waals surface area contributed by atoms with E-state index in [1.54, 1.807) is 13.8 Å². The molecular formula is C18H25N3O4. The number of ether oxygens (including phenoxy) is 1. The molecule has 1 aliphatic carbocycles. The van der Waals surface area contributed by atoms with Crippen LogP contribution < -0.4 is 0 Å². The number of carbonyl (C=O) groups is 2. The summed E-state index contributed by atoms with van der Waals surface area (Å²) < 4.78 is 11.0. The van der Waals surface area contributed by atoms with Crippen molar-refractivity contribution in [3.63, 3.8) is 0 Å². The summed E-state index contributed by atoms with van der Waals surface area (Å²) in [5.74, 6) is 1.36. The Morgan fingerprint density at radius 2 is 2.08 bits per heavy atom. The van der Waals surface area contributed by atoms with Crippen LogP contribution in [0.3, 0.4) is 0 Å². The fourth-order valence-corrected chi connectivity index (χ4v) is 4.80. The predicted molar refractivity (Wildman–Crippen MR) is 87.2 cm³/mol. The van der Waals surface area contributed by atoms with E-state index in [-0.39, 0.29) is 17.8 Å². The summed E-state index contributed by atoms with van der Waals surface area (Å²) in [6.45, 7) is 8.34. The first-order valence-electron chi connectivity index (χ1n) is 9.09. The van der Waals surface area contributed by atoms with E-state index in [4.69, 9.17) is 9.26 Å². The lowest BCUT2D eigenvalue weighted by atomic mass is 9.73. The SMILES string of the molecule is Cc1noc(C23CC(CN2C(=O)C2(C)CC(CC(C)C)C(=O)O2)C3)n1. The van der Waals surface area contributed by atoms with Gasteiger partial charge in [0.05, 0.1) is 5.92 Å². The molecule has 2 bridgehead atoms. The Morgan fingerprint density at radius 1 is 1.36 bits per heavy atom. The molecule has 5 rings (SSSR count). The summed E-state index contributed by atoms with van der Waals surface area (Å²) in [6.07, 6.45) is 2.89. The van der Waals surface area contributed by atoms with Crippen molar-refractivity contribution in [2.45, 2.75) is 64.5 Å². The number of carbonyl (C=O) groups excluding carboxylic acids is 2. The maximum absolute atomic E-state index is 13.3. The number of fused-ring (bicyclic) bond motifs is 1. The zero-order valence-electron chi connectivity index (χ0n) is 15.2. The van der Waals surface area contributed by atoms with Gasteiger partial charge in [-0.05, 0) is 44.9 Å². The second-order valence-corrected chi connectivity index (χ2v) is 8.55. The lowest BCUT2D eigenvalue weighted by Crippen LogP contribution is -2.53. The van der Waals surface area contributed by atoms with Crippen molar-refractivity contribution in [3.8, 4) is 0 Å². The van der Waals surface area contributed by atoms with Crippen molar-refractivity contribution in [2.75, 3.05) is 6.54 Å². The van der Waals surface area contributed by atoms with Crippen molar-refractivity contribution in [1.29, 1.82) is 0 Å². The first kappa shape index (κ1) is 16.5. The molecule has 1 aromatic heterocycles. The van der Waals surface area contributed by atoms with E-state index in [0.717, 1.165) is 19.3 Å². The minimum atomic E-state index is -1.09. The second-order valence-electron chi connectivity index (χ2n) is 8.55. The Balaban J connectivity index is 1.58. The summed E-state index contributed by atoms with van der Waals surface area (Å²) in [6, 6.07) is 0. The van der Waals surface area contributed by atoms with Crippen LogP contribution in [-0.2, 0) is 19.9 Å². The van der Waals surface area contributed by atoms with Crippen LogP contribution in [0.1, 0.15) is 58.2 Å². The van der Waals surface area contributed by atoms with Gasteiger partial charge in [-0.1, -0.05) is 19.0 Å². The Bertz CT molecular complexity index is 722. The van der Waals surface area contributed by atoms with E-state index in [1.807, 2.05) is 4.90 Å². The molecule has 25 heavy (non-hydrogen) atoms. The molecule has 7 nitrogen and oxygen atoms in total. The molecule has 3 saturated heterocycles. The van der Waals surface area contributed by atoms with Crippen molar-refractivity contribution in [3.05, 3.63) is 11.7 Å². The molecular weight excluding hydrogens is 322 g/mol. The van der Waals surface area contributed by atoms with Crippen LogP contribution in [0.4, 0.5) is 0 Å². The number of aromatic nitrogens is 2. The number of aryl methyl sites for hydroxylation is 1. The molecule has 1 aromatic rings. The van der Waals surface area contributed by atoms with Crippen LogP contribution in [0.25, 0.3) is 0 Å². The van der Waals surface area contributed by atoms with Crippen LogP contribution in [-0.4, -0.2) is 39.1 Å². The van der Waals surface area contributed by atoms with Crippen LogP contribution in [0.2, 0.25) is 0 Å². The predicted octanol–water partition coefficient (Wildman–Crippen LogP) is 2.19. The zero-order chi connectivity index (χ0) is 18.0. The van der Waals surface area contributed by atoms with Gasteiger partial charge in [0, 0.05) is 13.0 Å². The zero-order valence-corrected chi connectivity index (χ0v) is 15.2. The van der Waals surface area contributed by atoms with Gasteiger partial charge in [-0.25, -0.2) is 0 Å². The van der Waals surface area contributed by atoms with Crippen LogP contribution in [0, 0.1) is 24.7 Å². The fourth-order valence-electron chi connectivity index (χ4n) is 4.80. The monoisotopic (exact) mass is 347 g/mol. The number of nitrogens with zero attached hydrogens (tertiary/aromatic N) is 3. The van der Waals surface area contributed by atoms with Gasteiger partial charge in [0.2, 0.25) is 0 Å². The molecule has 4 aliphatic rings. The maximum Gasteiger partial charge on any atom is 0.310 e. The lowest BCUT2D eigenvalue weighted by molar-refractivity contribution is -0.166. The topological polar surface area (TPSA) is 85.5 Å². The van der Waals surface area contributed by atoms with E-state index in [0.29, 0.717) is 36.5 Å². The fraction of sp³-hybridized carbons (Fsp3) is 0.778. The third-order valence-electron chi connectivity index (χ3n) is 5.88. The Kier molecular flexibility index (Phi) is 3.50. The first-order chi connectivity index (χ1) is 11.7. The molecule has 4 heterocycles. The van der Waals surface area contributed by atoms with Crippen molar-refractivity contribution < 1.29 is 18.8 Å². The lowest BCUT2D eigenvalue weighted by Gasteiger charge is -2.40. The maximum atomic E-state index is 13.3. The van der Waals surface area contributed by atoms with Crippen LogP contribution >= 0.6 is 0 Å². The van der Waals surface area contributed by atoms with Gasteiger partial charge in [-0.15, -0.1) is 0 Å². The smallest absolute Gasteiger partial charge is 0.310 e.